The Balaban J connectivity index is -0.000000106. The summed E-state index contributed by atoms with van der Waals surface area (Å²) >= 11 is 0. The van der Waals surface area contributed by atoms with Gasteiger partial charge >= 0.3 is 0 Å². The Morgan fingerprint density at radius 3 is 1.16 bits per heavy atom. The summed E-state index contributed by atoms with van der Waals surface area (Å²) in [7, 11) is 0. The van der Waals surface area contributed by atoms with Crippen LogP contribution >= 0.6 is 0 Å². The van der Waals surface area contributed by atoms with Crippen molar-refractivity contribution in [2.24, 2.45) is 17.8 Å². The Kier molecular flexibility index (Phi) is 38.2. The second-order valence-electron chi connectivity index (χ2n) is 4.71. The third-order valence-electron chi connectivity index (χ3n) is 3.08. The van der Waals surface area contributed by atoms with Gasteiger partial charge in [0, 0.05) is 0 Å². The van der Waals surface area contributed by atoms with Crippen molar-refractivity contribution in [3.63, 3.8) is 0 Å². The first-order valence-corrected chi connectivity index (χ1v) is 9.17. The molecule has 0 radical (unpaired) electrons. The molecule has 0 saturated heterocycles. The van der Waals surface area contributed by atoms with Gasteiger partial charge in [-0.2, -0.15) is 0 Å². The average Bonchev–Trinajstić information content (AvgIpc) is 2.41. The van der Waals surface area contributed by atoms with Gasteiger partial charge < -0.3 is 0 Å². The maximum atomic E-state index is 2.37. The van der Waals surface area contributed by atoms with E-state index in [0.29, 0.717) is 0 Å². The molecule has 122 valence electrons. The lowest BCUT2D eigenvalue weighted by Gasteiger charge is -2.35. The maximum absolute atomic E-state index is 2.37. The second kappa shape index (κ2) is 26.5. The van der Waals surface area contributed by atoms with Gasteiger partial charge in [-0.25, -0.2) is 0 Å². The molecule has 1 atom stereocenters. The molecule has 0 heteroatoms. The summed E-state index contributed by atoms with van der Waals surface area (Å²) in [6, 6.07) is 0. The van der Waals surface area contributed by atoms with E-state index in [1.165, 1.54) is 32.1 Å². The van der Waals surface area contributed by atoms with Gasteiger partial charge in [0.05, 0.1) is 0 Å². The van der Waals surface area contributed by atoms with Crippen LogP contribution in [0.2, 0.25) is 0 Å². The zero-order chi connectivity index (χ0) is 16.3. The van der Waals surface area contributed by atoms with Crippen LogP contribution in [0, 0.1) is 17.8 Å². The topological polar surface area (TPSA) is 0 Å². The van der Waals surface area contributed by atoms with Crippen molar-refractivity contribution < 1.29 is 0 Å². The van der Waals surface area contributed by atoms with Gasteiger partial charge in [-0.15, -0.1) is 0 Å². The fraction of sp³-hybridized carbons (Fsp3) is 1.00. The van der Waals surface area contributed by atoms with Crippen LogP contribution in [-0.4, -0.2) is 0 Å². The summed E-state index contributed by atoms with van der Waals surface area (Å²) in [4.78, 5) is 0. The standard InChI is InChI=1S/C10H20.C3H8.3C2H6/c1-4-10(8(2)3)9-6-5-7-9;1-3-2;3*1-2/h8-10H,4-7H2,1-3H3;3H2,1-2H3;3*1-2H3. The Labute approximate surface area is 126 Å². The molecule has 0 nitrogen and oxygen atoms in total. The Morgan fingerprint density at radius 1 is 0.789 bits per heavy atom. The number of hydrogen-bond donors (Lipinski definition) is 0. The van der Waals surface area contributed by atoms with Crippen LogP contribution in [0.5, 0.6) is 0 Å². The van der Waals surface area contributed by atoms with Gasteiger partial charge in [0.2, 0.25) is 0 Å². The molecule has 0 aliphatic heterocycles. The van der Waals surface area contributed by atoms with Crippen LogP contribution in [-0.2, 0) is 0 Å². The predicted octanol–water partition coefficient (Wildman–Crippen LogP) is 7.96. The summed E-state index contributed by atoms with van der Waals surface area (Å²) in [6.45, 7) is 23.3. The summed E-state index contributed by atoms with van der Waals surface area (Å²) in [5.74, 6) is 3.02. The highest BCUT2D eigenvalue weighted by atomic mass is 14.3. The van der Waals surface area contributed by atoms with E-state index < -0.39 is 0 Å². The molecule has 1 saturated carbocycles. The molecule has 0 heterocycles. The molecule has 0 aromatic heterocycles. The van der Waals surface area contributed by atoms with Gasteiger partial charge in [-0.1, -0.05) is 108 Å². The SMILES string of the molecule is CC.CC.CC.CCC.CCC(C(C)C)C1CCC1. The third kappa shape index (κ3) is 18.0. The van der Waals surface area contributed by atoms with Crippen LogP contribution in [0.25, 0.3) is 0 Å². The monoisotopic (exact) mass is 274 g/mol. The highest BCUT2D eigenvalue weighted by Crippen LogP contribution is 2.38. The third-order valence-corrected chi connectivity index (χ3v) is 3.08. The summed E-state index contributed by atoms with van der Waals surface area (Å²) in [5, 5.41) is 0. The van der Waals surface area contributed by atoms with Crippen LogP contribution in [0.1, 0.15) is 108 Å². The molecule has 1 rings (SSSR count). The van der Waals surface area contributed by atoms with E-state index in [0.717, 1.165) is 17.8 Å². The van der Waals surface area contributed by atoms with Crippen LogP contribution in [0.15, 0.2) is 0 Å². The lowest BCUT2D eigenvalue weighted by Crippen LogP contribution is -2.25. The molecular formula is C19H46. The molecule has 0 aromatic carbocycles. The normalized spacial score (nSPS) is 13.9. The van der Waals surface area contributed by atoms with Crippen molar-refractivity contribution in [3.8, 4) is 0 Å². The van der Waals surface area contributed by atoms with Gasteiger partial charge in [0.25, 0.3) is 0 Å². The van der Waals surface area contributed by atoms with E-state index in [2.05, 4.69) is 34.6 Å². The molecule has 0 bridgehead atoms. The summed E-state index contributed by atoms with van der Waals surface area (Å²) < 4.78 is 0. The minimum atomic E-state index is 0.912. The second-order valence-corrected chi connectivity index (χ2v) is 4.71. The quantitative estimate of drug-likeness (QED) is 0.489. The van der Waals surface area contributed by atoms with E-state index >= 15 is 0 Å². The van der Waals surface area contributed by atoms with Crippen molar-refractivity contribution in [3.05, 3.63) is 0 Å². The minimum Gasteiger partial charge on any atom is -0.0683 e. The highest BCUT2D eigenvalue weighted by molar-refractivity contribution is 4.78. The highest BCUT2D eigenvalue weighted by Gasteiger charge is 2.27. The van der Waals surface area contributed by atoms with Crippen LogP contribution in [0.3, 0.4) is 0 Å². The van der Waals surface area contributed by atoms with E-state index in [4.69, 9.17) is 0 Å². The minimum absolute atomic E-state index is 0.912. The van der Waals surface area contributed by atoms with E-state index in [9.17, 15) is 0 Å². The molecular weight excluding hydrogens is 228 g/mol. The lowest BCUT2D eigenvalue weighted by molar-refractivity contribution is 0.155. The zero-order valence-electron chi connectivity index (χ0n) is 16.3. The first-order chi connectivity index (χ1) is 9.17. The van der Waals surface area contributed by atoms with Crippen LogP contribution < -0.4 is 0 Å². The van der Waals surface area contributed by atoms with Crippen molar-refractivity contribution in [1.29, 1.82) is 0 Å². The smallest absolute Gasteiger partial charge is 0.0365 e. The van der Waals surface area contributed by atoms with Gasteiger partial charge in [0.1, 0.15) is 0 Å². The molecule has 0 amide bonds. The summed E-state index contributed by atoms with van der Waals surface area (Å²) in [5.41, 5.74) is 0. The van der Waals surface area contributed by atoms with E-state index in [-0.39, 0.29) is 0 Å². The largest absolute Gasteiger partial charge is 0.0683 e. The summed E-state index contributed by atoms with van der Waals surface area (Å²) in [6.07, 6.45) is 7.16. The molecule has 0 N–H and O–H groups in total. The number of rotatable bonds is 3. The Morgan fingerprint density at radius 2 is 1.11 bits per heavy atom. The van der Waals surface area contributed by atoms with E-state index in [1.54, 1.807) is 0 Å². The van der Waals surface area contributed by atoms with Gasteiger partial charge in [-0.05, 0) is 17.8 Å². The predicted molar refractivity (Wildman–Crippen MR) is 96.0 cm³/mol. The number of hydrogen-bond acceptors (Lipinski definition) is 0. The Bertz CT molecular complexity index is 101. The van der Waals surface area contributed by atoms with Gasteiger partial charge in [0.15, 0.2) is 0 Å². The molecule has 1 fully saturated rings. The lowest BCUT2D eigenvalue weighted by atomic mass is 9.70. The van der Waals surface area contributed by atoms with Crippen molar-refractivity contribution >= 4 is 0 Å². The molecule has 0 spiro atoms. The molecule has 19 heavy (non-hydrogen) atoms. The van der Waals surface area contributed by atoms with Crippen molar-refractivity contribution in [2.75, 3.05) is 0 Å². The maximum Gasteiger partial charge on any atom is -0.0365 e. The van der Waals surface area contributed by atoms with Gasteiger partial charge in [-0.3, -0.25) is 0 Å². The molecule has 1 unspecified atom stereocenters. The average molecular weight is 275 g/mol. The molecule has 1 aliphatic carbocycles. The Hall–Kier alpha value is 0. The molecule has 1 aliphatic rings. The molecule has 0 aromatic rings. The first kappa shape index (κ1) is 27.4. The van der Waals surface area contributed by atoms with Crippen LogP contribution in [0.4, 0.5) is 0 Å². The zero-order valence-corrected chi connectivity index (χ0v) is 16.3. The fourth-order valence-electron chi connectivity index (χ4n) is 2.22. The van der Waals surface area contributed by atoms with Crippen molar-refractivity contribution in [1.82, 2.24) is 0 Å². The van der Waals surface area contributed by atoms with Crippen molar-refractivity contribution in [2.45, 2.75) is 108 Å². The first-order valence-electron chi connectivity index (χ1n) is 9.17. The fourth-order valence-corrected chi connectivity index (χ4v) is 2.22. The van der Waals surface area contributed by atoms with E-state index in [1.807, 2.05) is 41.5 Å².